The molecule has 0 bridgehead atoms. The number of methoxy groups -OCH3 is 1. The lowest BCUT2D eigenvalue weighted by atomic mass is 9.94. The monoisotopic (exact) mass is 488 g/mol. The van der Waals surface area contributed by atoms with Crippen LogP contribution in [0.2, 0.25) is 0 Å². The highest BCUT2D eigenvalue weighted by Crippen LogP contribution is 2.32. The molecular weight excluding hydrogens is 452 g/mol. The molecule has 0 aliphatic carbocycles. The fourth-order valence-electron chi connectivity index (χ4n) is 4.45. The van der Waals surface area contributed by atoms with Crippen LogP contribution in [0.5, 0.6) is 0 Å². The van der Waals surface area contributed by atoms with Gasteiger partial charge in [-0.15, -0.1) is 6.58 Å². The zero-order chi connectivity index (χ0) is 25.0. The van der Waals surface area contributed by atoms with Gasteiger partial charge < -0.3 is 23.7 Å². The summed E-state index contributed by atoms with van der Waals surface area (Å²) >= 11 is 0. The van der Waals surface area contributed by atoms with Crippen LogP contribution in [0.25, 0.3) is 0 Å². The third-order valence-electron chi connectivity index (χ3n) is 6.33. The van der Waals surface area contributed by atoms with Gasteiger partial charge in [0.1, 0.15) is 18.3 Å². The second kappa shape index (κ2) is 14.1. The largest absolute Gasteiger partial charge is 0.368 e. The van der Waals surface area contributed by atoms with Crippen molar-refractivity contribution in [2.45, 2.75) is 63.4 Å². The van der Waals surface area contributed by atoms with Crippen molar-refractivity contribution in [2.24, 2.45) is 0 Å². The molecule has 0 spiro atoms. The smallest absolute Gasteiger partial charge is 0.186 e. The van der Waals surface area contributed by atoms with Crippen LogP contribution in [0, 0.1) is 0 Å². The molecule has 3 aromatic rings. The van der Waals surface area contributed by atoms with E-state index in [4.69, 9.17) is 23.7 Å². The maximum atomic E-state index is 6.58. The fraction of sp³-hybridized carbons (Fsp3) is 0.355. The Hall–Kier alpha value is -2.80. The van der Waals surface area contributed by atoms with E-state index in [1.165, 1.54) is 0 Å². The van der Waals surface area contributed by atoms with Gasteiger partial charge in [-0.25, -0.2) is 0 Å². The molecule has 0 unspecified atom stereocenters. The van der Waals surface area contributed by atoms with Crippen molar-refractivity contribution in [3.05, 3.63) is 120 Å². The molecule has 5 nitrogen and oxygen atoms in total. The normalized spacial score (nSPS) is 23.9. The highest BCUT2D eigenvalue weighted by molar-refractivity contribution is 5.15. The quantitative estimate of drug-likeness (QED) is 0.273. The molecule has 1 fully saturated rings. The predicted octanol–water partition coefficient (Wildman–Crippen LogP) is 6.08. The zero-order valence-electron chi connectivity index (χ0n) is 20.9. The minimum absolute atomic E-state index is 0.228. The Bertz CT molecular complexity index is 1010. The van der Waals surface area contributed by atoms with E-state index in [1.54, 1.807) is 7.11 Å². The minimum atomic E-state index is -0.583. The second-order valence-corrected chi connectivity index (χ2v) is 8.93. The maximum absolute atomic E-state index is 6.58. The molecule has 0 radical (unpaired) electrons. The zero-order valence-corrected chi connectivity index (χ0v) is 20.9. The summed E-state index contributed by atoms with van der Waals surface area (Å²) in [5.41, 5.74) is 3.26. The van der Waals surface area contributed by atoms with Crippen molar-refractivity contribution >= 4 is 0 Å². The topological polar surface area (TPSA) is 46.2 Å². The molecule has 0 N–H and O–H groups in total. The summed E-state index contributed by atoms with van der Waals surface area (Å²) in [6.45, 7) is 5.20. The average Bonchev–Trinajstić information content (AvgIpc) is 2.94. The standard InChI is InChI=1S/C31H36O5/c1-3-4-20-27-28(33-21-24-14-8-5-9-15-24)29(34-22-25-16-10-6-11-17-25)30(31(32-2)36-27)35-23-26-18-12-7-13-19-26/h3,5-19,27-31H,1,4,20-23H2,2H3/t27-,28-,29+,30+,31+/m1/s1. The van der Waals surface area contributed by atoms with Crippen molar-refractivity contribution in [1.82, 2.24) is 0 Å². The summed E-state index contributed by atoms with van der Waals surface area (Å²) in [5.74, 6) is 0. The predicted molar refractivity (Wildman–Crippen MR) is 140 cm³/mol. The number of rotatable bonds is 13. The van der Waals surface area contributed by atoms with Gasteiger partial charge in [-0.1, -0.05) is 97.1 Å². The van der Waals surface area contributed by atoms with Crippen molar-refractivity contribution in [2.75, 3.05) is 7.11 Å². The Labute approximate surface area is 214 Å². The van der Waals surface area contributed by atoms with E-state index >= 15 is 0 Å². The van der Waals surface area contributed by atoms with Crippen molar-refractivity contribution in [1.29, 1.82) is 0 Å². The summed E-state index contributed by atoms with van der Waals surface area (Å²) in [6.07, 6.45) is 1.42. The lowest BCUT2D eigenvalue weighted by Crippen LogP contribution is -2.60. The van der Waals surface area contributed by atoms with Crippen LogP contribution in [0.1, 0.15) is 29.5 Å². The number of hydrogen-bond donors (Lipinski definition) is 0. The van der Waals surface area contributed by atoms with Crippen LogP contribution in [-0.2, 0) is 43.5 Å². The average molecular weight is 489 g/mol. The molecule has 1 aliphatic rings. The van der Waals surface area contributed by atoms with Gasteiger partial charge in [-0.2, -0.15) is 0 Å². The van der Waals surface area contributed by atoms with Crippen LogP contribution in [-0.4, -0.2) is 37.8 Å². The van der Waals surface area contributed by atoms with E-state index in [1.807, 2.05) is 72.8 Å². The first-order valence-electron chi connectivity index (χ1n) is 12.5. The van der Waals surface area contributed by atoms with Crippen LogP contribution in [0.4, 0.5) is 0 Å². The molecular formula is C31H36O5. The summed E-state index contributed by atoms with van der Waals surface area (Å²) in [5, 5.41) is 0. The molecule has 4 rings (SSSR count). The highest BCUT2D eigenvalue weighted by atomic mass is 16.7. The molecule has 0 aromatic heterocycles. The number of ether oxygens (including phenoxy) is 5. The number of hydrogen-bond acceptors (Lipinski definition) is 5. The van der Waals surface area contributed by atoms with E-state index < -0.39 is 18.5 Å². The number of benzene rings is 3. The van der Waals surface area contributed by atoms with Gasteiger partial charge >= 0.3 is 0 Å². The minimum Gasteiger partial charge on any atom is -0.368 e. The Morgan fingerprint density at radius 2 is 1.11 bits per heavy atom. The summed E-state index contributed by atoms with van der Waals surface area (Å²) in [4.78, 5) is 0. The van der Waals surface area contributed by atoms with E-state index in [9.17, 15) is 0 Å². The van der Waals surface area contributed by atoms with E-state index in [2.05, 4.69) is 30.8 Å². The lowest BCUT2D eigenvalue weighted by Gasteiger charge is -2.45. The molecule has 1 saturated heterocycles. The molecule has 3 aromatic carbocycles. The summed E-state index contributed by atoms with van der Waals surface area (Å²) < 4.78 is 31.8. The van der Waals surface area contributed by atoms with Crippen molar-refractivity contribution in [3.63, 3.8) is 0 Å². The molecule has 1 heterocycles. The van der Waals surface area contributed by atoms with Crippen LogP contribution in [0.15, 0.2) is 104 Å². The lowest BCUT2D eigenvalue weighted by molar-refractivity contribution is -0.318. The highest BCUT2D eigenvalue weighted by Gasteiger charge is 2.48. The van der Waals surface area contributed by atoms with Gasteiger partial charge in [0.2, 0.25) is 0 Å². The SMILES string of the molecule is C=CCC[C@H]1O[C@H](OC)[C@@H](OCc2ccccc2)[C@@H](OCc2ccccc2)[C@@H]1OCc1ccccc1. The van der Waals surface area contributed by atoms with Gasteiger partial charge in [0.25, 0.3) is 0 Å². The summed E-state index contributed by atoms with van der Waals surface area (Å²) in [7, 11) is 1.65. The fourth-order valence-corrected chi connectivity index (χ4v) is 4.45. The van der Waals surface area contributed by atoms with Gasteiger partial charge in [-0.3, -0.25) is 0 Å². The van der Waals surface area contributed by atoms with E-state index in [-0.39, 0.29) is 12.2 Å². The molecule has 190 valence electrons. The molecule has 5 atom stereocenters. The van der Waals surface area contributed by atoms with Gasteiger partial charge in [0, 0.05) is 7.11 Å². The van der Waals surface area contributed by atoms with E-state index in [0.717, 1.165) is 29.5 Å². The molecule has 0 saturated carbocycles. The Morgan fingerprint density at radius 3 is 1.56 bits per heavy atom. The maximum Gasteiger partial charge on any atom is 0.186 e. The summed E-state index contributed by atoms with van der Waals surface area (Å²) in [6, 6.07) is 30.4. The molecule has 0 amide bonds. The Kier molecular flexibility index (Phi) is 10.3. The van der Waals surface area contributed by atoms with Gasteiger partial charge in [0.15, 0.2) is 6.29 Å². The molecule has 36 heavy (non-hydrogen) atoms. The van der Waals surface area contributed by atoms with Crippen LogP contribution >= 0.6 is 0 Å². The van der Waals surface area contributed by atoms with Crippen molar-refractivity contribution < 1.29 is 23.7 Å². The van der Waals surface area contributed by atoms with Crippen LogP contribution < -0.4 is 0 Å². The third-order valence-corrected chi connectivity index (χ3v) is 6.33. The second-order valence-electron chi connectivity index (χ2n) is 8.93. The Morgan fingerprint density at radius 1 is 0.667 bits per heavy atom. The first-order chi connectivity index (χ1) is 17.8. The number of allylic oxidation sites excluding steroid dienone is 1. The van der Waals surface area contributed by atoms with Gasteiger partial charge in [-0.05, 0) is 29.5 Å². The van der Waals surface area contributed by atoms with E-state index in [0.29, 0.717) is 19.8 Å². The Balaban J connectivity index is 1.59. The molecule has 5 heteroatoms. The molecule has 1 aliphatic heterocycles. The van der Waals surface area contributed by atoms with Gasteiger partial charge in [0.05, 0.1) is 25.9 Å². The van der Waals surface area contributed by atoms with Crippen molar-refractivity contribution in [3.8, 4) is 0 Å². The first kappa shape index (κ1) is 26.3. The third kappa shape index (κ3) is 7.36. The van der Waals surface area contributed by atoms with Crippen LogP contribution in [0.3, 0.4) is 0 Å². The first-order valence-corrected chi connectivity index (χ1v) is 12.5.